The Bertz CT molecular complexity index is 1350. The smallest absolute Gasteiger partial charge is 0.259 e. The summed E-state index contributed by atoms with van der Waals surface area (Å²) < 4.78 is 12.4. The van der Waals surface area contributed by atoms with Crippen LogP contribution in [0.15, 0.2) is 88.4 Å². The van der Waals surface area contributed by atoms with Gasteiger partial charge < -0.3 is 14.8 Å². The molecule has 0 atom stereocenters. The van der Waals surface area contributed by atoms with Gasteiger partial charge in [-0.05, 0) is 74.2 Å². The quantitative estimate of drug-likeness (QED) is 0.186. The number of nitrogens with one attached hydrogen (secondary N) is 2. The van der Waals surface area contributed by atoms with Gasteiger partial charge in [0.15, 0.2) is 11.5 Å². The van der Waals surface area contributed by atoms with Crippen molar-refractivity contribution in [3.63, 3.8) is 0 Å². The second-order valence-corrected chi connectivity index (χ2v) is 8.91. The molecule has 0 spiro atoms. The molecule has 0 saturated carbocycles. The van der Waals surface area contributed by atoms with Crippen LogP contribution < -0.4 is 20.2 Å². The number of benzene rings is 4. The number of fused-ring (bicyclic) bond motifs is 1. The van der Waals surface area contributed by atoms with E-state index in [2.05, 4.69) is 50.0 Å². The Morgan fingerprint density at radius 3 is 2.63 bits per heavy atom. The van der Waals surface area contributed by atoms with Crippen molar-refractivity contribution in [2.75, 3.05) is 19.0 Å². The van der Waals surface area contributed by atoms with Crippen molar-refractivity contribution in [1.29, 1.82) is 0 Å². The number of amides is 1. The molecule has 2 N–H and O–H groups in total. The van der Waals surface area contributed by atoms with E-state index in [1.54, 1.807) is 43.7 Å². The van der Waals surface area contributed by atoms with Crippen LogP contribution in [-0.4, -0.2) is 25.8 Å². The molecule has 4 aromatic carbocycles. The Kier molecular flexibility index (Phi) is 8.23. The predicted molar refractivity (Wildman–Crippen MR) is 145 cm³/mol. The summed E-state index contributed by atoms with van der Waals surface area (Å²) in [5, 5.41) is 9.99. The first-order valence-corrected chi connectivity index (χ1v) is 12.0. The van der Waals surface area contributed by atoms with Crippen molar-refractivity contribution in [1.82, 2.24) is 5.43 Å². The Labute approximate surface area is 217 Å². The van der Waals surface area contributed by atoms with Gasteiger partial charge in [0.2, 0.25) is 0 Å². The third-order valence-corrected chi connectivity index (χ3v) is 6.04. The van der Waals surface area contributed by atoms with E-state index in [9.17, 15) is 4.79 Å². The third-order valence-electron chi connectivity index (χ3n) is 5.20. The van der Waals surface area contributed by atoms with E-state index < -0.39 is 0 Å². The van der Waals surface area contributed by atoms with Crippen LogP contribution in [0.2, 0.25) is 5.02 Å². The molecule has 0 radical (unpaired) electrons. The number of hydrogen-bond acceptors (Lipinski definition) is 5. The van der Waals surface area contributed by atoms with Gasteiger partial charge in [-0.25, -0.2) is 5.43 Å². The van der Waals surface area contributed by atoms with Crippen molar-refractivity contribution < 1.29 is 14.3 Å². The topological polar surface area (TPSA) is 72.0 Å². The van der Waals surface area contributed by atoms with Gasteiger partial charge >= 0.3 is 0 Å². The Hall–Kier alpha value is -3.55. The molecule has 6 nitrogen and oxygen atoms in total. The summed E-state index contributed by atoms with van der Waals surface area (Å²) in [5.74, 6) is 0.864. The highest BCUT2D eigenvalue weighted by atomic mass is 79.9. The number of anilines is 1. The molecular weight excluding hydrogens is 530 g/mol. The summed E-state index contributed by atoms with van der Waals surface area (Å²) in [6.45, 7) is 0.466. The SMILES string of the molecule is COc1cc(/C=N\NC(=O)CNc2ccc(Cl)cc2)cc(Br)c1OCc1cccc2ccccc12. The molecule has 0 heterocycles. The Morgan fingerprint density at radius 1 is 1.06 bits per heavy atom. The van der Waals surface area contributed by atoms with E-state index in [0.717, 1.165) is 27.6 Å². The maximum Gasteiger partial charge on any atom is 0.259 e. The summed E-state index contributed by atoms with van der Waals surface area (Å²) in [7, 11) is 1.58. The molecule has 0 fully saturated rings. The van der Waals surface area contributed by atoms with Crippen LogP contribution in [0.25, 0.3) is 10.8 Å². The molecule has 0 aliphatic carbocycles. The molecule has 0 aromatic heterocycles. The number of ether oxygens (including phenoxy) is 2. The maximum atomic E-state index is 12.1. The van der Waals surface area contributed by atoms with Gasteiger partial charge in [0.1, 0.15) is 6.61 Å². The molecular formula is C27H23BrClN3O3. The summed E-state index contributed by atoms with van der Waals surface area (Å²) in [5.41, 5.74) is 5.11. The summed E-state index contributed by atoms with van der Waals surface area (Å²) >= 11 is 9.43. The van der Waals surface area contributed by atoms with Crippen LogP contribution >= 0.6 is 27.5 Å². The lowest BCUT2D eigenvalue weighted by atomic mass is 10.1. The molecule has 0 aliphatic heterocycles. The van der Waals surface area contributed by atoms with Crippen LogP contribution in [0, 0.1) is 0 Å². The normalized spacial score (nSPS) is 10.9. The second kappa shape index (κ2) is 11.7. The molecule has 1 amide bonds. The van der Waals surface area contributed by atoms with E-state index in [0.29, 0.717) is 27.6 Å². The predicted octanol–water partition coefficient (Wildman–Crippen LogP) is 6.41. The molecule has 0 saturated heterocycles. The van der Waals surface area contributed by atoms with Gasteiger partial charge in [0.25, 0.3) is 5.91 Å². The maximum absolute atomic E-state index is 12.1. The number of halogens is 2. The minimum absolute atomic E-state index is 0.0763. The lowest BCUT2D eigenvalue weighted by molar-refractivity contribution is -0.119. The molecule has 8 heteroatoms. The van der Waals surface area contributed by atoms with Crippen LogP contribution in [0.1, 0.15) is 11.1 Å². The minimum atomic E-state index is -0.280. The van der Waals surface area contributed by atoms with Gasteiger partial charge in [-0.15, -0.1) is 0 Å². The Morgan fingerprint density at radius 2 is 1.83 bits per heavy atom. The van der Waals surface area contributed by atoms with Gasteiger partial charge in [-0.3, -0.25) is 4.79 Å². The highest BCUT2D eigenvalue weighted by Gasteiger charge is 2.12. The van der Waals surface area contributed by atoms with Crippen LogP contribution in [-0.2, 0) is 11.4 Å². The largest absolute Gasteiger partial charge is 0.493 e. The fraction of sp³-hybridized carbons (Fsp3) is 0.111. The number of methoxy groups -OCH3 is 1. The van der Waals surface area contributed by atoms with Crippen LogP contribution in [0.3, 0.4) is 0 Å². The Balaban J connectivity index is 1.38. The first kappa shape index (κ1) is 24.6. The lowest BCUT2D eigenvalue weighted by Crippen LogP contribution is -2.25. The van der Waals surface area contributed by atoms with Gasteiger partial charge in [0, 0.05) is 10.7 Å². The zero-order chi connectivity index (χ0) is 24.6. The second-order valence-electron chi connectivity index (χ2n) is 7.61. The molecule has 35 heavy (non-hydrogen) atoms. The van der Waals surface area contributed by atoms with Gasteiger partial charge in [-0.2, -0.15) is 5.10 Å². The molecule has 0 aliphatic rings. The highest BCUT2D eigenvalue weighted by molar-refractivity contribution is 9.10. The number of hydrazone groups is 1. The number of rotatable bonds is 9. The first-order chi connectivity index (χ1) is 17.0. The van der Waals surface area contributed by atoms with Gasteiger partial charge in [0.05, 0.1) is 24.3 Å². The lowest BCUT2D eigenvalue weighted by Gasteiger charge is -2.14. The van der Waals surface area contributed by atoms with Gasteiger partial charge in [-0.1, -0.05) is 54.1 Å². The molecule has 0 unspecified atom stereocenters. The standard InChI is InChI=1S/C27H23BrClN3O3/c1-34-25-14-18(15-31-32-26(33)16-30-22-11-9-21(29)10-12-22)13-24(28)27(25)35-17-20-7-4-6-19-5-2-3-8-23(19)20/h2-15,30H,16-17H2,1H3,(H,32,33)/b31-15-. The van der Waals surface area contributed by atoms with Crippen molar-refractivity contribution in [3.8, 4) is 11.5 Å². The summed E-state index contributed by atoms with van der Waals surface area (Å²) in [6.07, 6.45) is 1.54. The van der Waals surface area contributed by atoms with E-state index in [1.165, 1.54) is 0 Å². The average molecular weight is 553 g/mol. The number of carbonyl (C=O) groups is 1. The van der Waals surface area contributed by atoms with Crippen LogP contribution in [0.5, 0.6) is 11.5 Å². The summed E-state index contributed by atoms with van der Waals surface area (Å²) in [6, 6.07) is 25.1. The van der Waals surface area contributed by atoms with E-state index in [1.807, 2.05) is 30.3 Å². The van der Waals surface area contributed by atoms with Crippen LogP contribution in [0.4, 0.5) is 5.69 Å². The number of carbonyl (C=O) groups excluding carboxylic acids is 1. The number of hydrogen-bond donors (Lipinski definition) is 2. The fourth-order valence-electron chi connectivity index (χ4n) is 3.49. The average Bonchev–Trinajstić information content (AvgIpc) is 2.87. The monoisotopic (exact) mass is 551 g/mol. The molecule has 4 aromatic rings. The van der Waals surface area contributed by atoms with E-state index in [4.69, 9.17) is 21.1 Å². The summed E-state index contributed by atoms with van der Waals surface area (Å²) in [4.78, 5) is 12.1. The zero-order valence-corrected chi connectivity index (χ0v) is 21.3. The zero-order valence-electron chi connectivity index (χ0n) is 18.9. The van der Waals surface area contributed by atoms with E-state index in [-0.39, 0.29) is 12.5 Å². The molecule has 0 bridgehead atoms. The number of nitrogens with zero attached hydrogens (tertiary/aromatic N) is 1. The van der Waals surface area contributed by atoms with E-state index >= 15 is 0 Å². The van der Waals surface area contributed by atoms with Crippen molar-refractivity contribution in [2.45, 2.75) is 6.61 Å². The van der Waals surface area contributed by atoms with Crippen molar-refractivity contribution >= 4 is 56.1 Å². The minimum Gasteiger partial charge on any atom is -0.493 e. The molecule has 4 rings (SSSR count). The van der Waals surface area contributed by atoms with Crippen molar-refractivity contribution in [2.24, 2.45) is 5.10 Å². The molecule has 178 valence electrons. The highest BCUT2D eigenvalue weighted by Crippen LogP contribution is 2.37. The van der Waals surface area contributed by atoms with Crippen molar-refractivity contribution in [3.05, 3.63) is 99.5 Å². The fourth-order valence-corrected chi connectivity index (χ4v) is 4.19. The third kappa shape index (κ3) is 6.53. The first-order valence-electron chi connectivity index (χ1n) is 10.8.